The molecule has 0 bridgehead atoms. The molecular weight excluding hydrogens is 288 g/mol. The molecule has 2 aromatic heterocycles. The van der Waals surface area contributed by atoms with Gasteiger partial charge in [-0.1, -0.05) is 12.2 Å². The van der Waals surface area contributed by atoms with Crippen molar-refractivity contribution in [1.82, 2.24) is 9.97 Å². The van der Waals surface area contributed by atoms with Crippen LogP contribution in [0.3, 0.4) is 0 Å². The molecule has 0 saturated heterocycles. The van der Waals surface area contributed by atoms with Crippen LogP contribution in [-0.4, -0.2) is 27.3 Å². The van der Waals surface area contributed by atoms with Gasteiger partial charge in [0.1, 0.15) is 0 Å². The van der Waals surface area contributed by atoms with Gasteiger partial charge in [0, 0.05) is 23.9 Å². The van der Waals surface area contributed by atoms with Crippen LogP contribution in [0.4, 0.5) is 0 Å². The second-order valence-corrected chi connectivity index (χ2v) is 6.03. The molecule has 2 heterocycles. The van der Waals surface area contributed by atoms with Crippen LogP contribution in [0.15, 0.2) is 59.9 Å². The Morgan fingerprint density at radius 2 is 1.45 bits per heavy atom. The van der Waals surface area contributed by atoms with Gasteiger partial charge in [-0.05, 0) is 12.1 Å². The predicted molar refractivity (Wildman–Crippen MR) is 86.9 cm³/mol. The first kappa shape index (κ1) is 14.8. The van der Waals surface area contributed by atoms with Crippen LogP contribution in [0.1, 0.15) is 15.9 Å². The van der Waals surface area contributed by atoms with E-state index in [1.807, 2.05) is 24.3 Å². The van der Waals surface area contributed by atoms with Gasteiger partial charge in [0.15, 0.2) is 5.78 Å². The van der Waals surface area contributed by atoms with Crippen molar-refractivity contribution in [1.29, 1.82) is 0 Å². The van der Waals surface area contributed by atoms with Crippen LogP contribution in [0.5, 0.6) is 0 Å². The number of aromatic nitrogens is 2. The monoisotopic (exact) mass is 304 g/mol. The number of carbonyl (C=O) groups is 1. The first-order chi connectivity index (χ1) is 9.77. The largest absolute Gasteiger partial charge is 0.356 e. The lowest BCUT2D eigenvalue weighted by atomic mass is 10.1. The lowest BCUT2D eigenvalue weighted by Crippen LogP contribution is -2.02. The van der Waals surface area contributed by atoms with Gasteiger partial charge in [0.2, 0.25) is 0 Å². The molecule has 2 aromatic rings. The highest BCUT2D eigenvalue weighted by Gasteiger charge is 2.18. The summed E-state index contributed by atoms with van der Waals surface area (Å²) in [7, 11) is 0. The normalized spacial score (nSPS) is 10.4. The molecule has 0 spiro atoms. The Morgan fingerprint density at radius 3 is 1.85 bits per heavy atom. The molecule has 5 heteroatoms. The van der Waals surface area contributed by atoms with Crippen molar-refractivity contribution in [3.05, 3.63) is 61.0 Å². The second kappa shape index (κ2) is 7.26. The molecule has 0 atom stereocenters. The maximum Gasteiger partial charge on any atom is 0.198 e. The van der Waals surface area contributed by atoms with E-state index in [-0.39, 0.29) is 5.78 Å². The van der Waals surface area contributed by atoms with Crippen molar-refractivity contribution in [2.75, 3.05) is 11.5 Å². The summed E-state index contributed by atoms with van der Waals surface area (Å²) in [4.78, 5) is 18.8. The quantitative estimate of drug-likeness (QED) is 0.438. The maximum absolute atomic E-state index is 12.6. The van der Waals surface area contributed by atoms with Gasteiger partial charge >= 0.3 is 0 Å². The topological polar surface area (TPSA) is 48.6 Å². The van der Waals surface area contributed by atoms with E-state index in [1.165, 1.54) is 0 Å². The fourth-order valence-electron chi connectivity index (χ4n) is 1.73. The molecule has 0 unspecified atom stereocenters. The van der Waals surface area contributed by atoms with Gasteiger partial charge in [-0.25, -0.2) is 0 Å². The Morgan fingerprint density at radius 1 is 1.00 bits per heavy atom. The third-order valence-corrected chi connectivity index (χ3v) is 4.66. The summed E-state index contributed by atoms with van der Waals surface area (Å²) in [6.07, 6.45) is 7.23. The molecule has 3 nitrogen and oxygen atoms in total. The van der Waals surface area contributed by atoms with Gasteiger partial charge in [-0.3, -0.25) is 4.79 Å². The average Bonchev–Trinajstić information content (AvgIpc) is 3.10. The molecule has 2 rings (SSSR count). The summed E-state index contributed by atoms with van der Waals surface area (Å²) >= 11 is 3.15. The highest BCUT2D eigenvalue weighted by Crippen LogP contribution is 2.28. The summed E-state index contributed by atoms with van der Waals surface area (Å²) < 4.78 is 0. The summed E-state index contributed by atoms with van der Waals surface area (Å²) in [5, 5.41) is 1.77. The SMILES string of the molecule is C=CCSc1[nH]ccc1C(=O)c1cc[nH]c1SCC=C. The Kier molecular flexibility index (Phi) is 5.38. The fourth-order valence-corrected chi connectivity index (χ4v) is 3.24. The molecular formula is C15H16N2OS2. The fraction of sp³-hybridized carbons (Fsp3) is 0.133. The van der Waals surface area contributed by atoms with Crippen LogP contribution < -0.4 is 0 Å². The molecule has 0 aliphatic rings. The van der Waals surface area contributed by atoms with Crippen LogP contribution >= 0.6 is 23.5 Å². The molecule has 0 aliphatic heterocycles. The highest BCUT2D eigenvalue weighted by molar-refractivity contribution is 7.99. The van der Waals surface area contributed by atoms with Gasteiger partial charge in [0.25, 0.3) is 0 Å². The standard InChI is InChI=1S/C15H16N2OS2/c1-3-9-19-14-11(5-7-16-14)13(18)12-6-8-17-15(12)20-10-4-2/h3-8,16-17H,1-2,9-10H2. The number of thioether (sulfide) groups is 2. The van der Waals surface area contributed by atoms with Crippen LogP contribution in [0.2, 0.25) is 0 Å². The van der Waals surface area contributed by atoms with E-state index in [4.69, 9.17) is 0 Å². The molecule has 20 heavy (non-hydrogen) atoms. The van der Waals surface area contributed by atoms with Crippen molar-refractivity contribution in [3.63, 3.8) is 0 Å². The zero-order chi connectivity index (χ0) is 14.4. The summed E-state index contributed by atoms with van der Waals surface area (Å²) in [6.45, 7) is 7.39. The Labute approximate surface area is 126 Å². The van der Waals surface area contributed by atoms with E-state index in [0.29, 0.717) is 11.1 Å². The molecule has 0 aliphatic carbocycles. The van der Waals surface area contributed by atoms with E-state index in [0.717, 1.165) is 21.6 Å². The molecule has 0 radical (unpaired) electrons. The number of H-pyrrole nitrogens is 2. The van der Waals surface area contributed by atoms with E-state index < -0.39 is 0 Å². The molecule has 0 amide bonds. The molecule has 0 aromatic carbocycles. The van der Waals surface area contributed by atoms with Gasteiger partial charge in [-0.15, -0.1) is 36.7 Å². The predicted octanol–water partition coefficient (Wildman–Crippen LogP) is 4.13. The third kappa shape index (κ3) is 3.29. The minimum atomic E-state index is 0.0330. The Balaban J connectivity index is 2.23. The first-order valence-electron chi connectivity index (χ1n) is 6.14. The average molecular weight is 304 g/mol. The summed E-state index contributed by atoms with van der Waals surface area (Å²) in [5.41, 5.74) is 1.41. The minimum Gasteiger partial charge on any atom is -0.356 e. The highest BCUT2D eigenvalue weighted by atomic mass is 32.2. The van der Waals surface area contributed by atoms with Gasteiger partial charge < -0.3 is 9.97 Å². The first-order valence-corrected chi connectivity index (χ1v) is 8.12. The van der Waals surface area contributed by atoms with E-state index in [1.54, 1.807) is 35.9 Å². The van der Waals surface area contributed by atoms with Crippen LogP contribution in [0, 0.1) is 0 Å². The lowest BCUT2D eigenvalue weighted by molar-refractivity contribution is 0.103. The molecule has 0 saturated carbocycles. The van der Waals surface area contributed by atoms with Gasteiger partial charge in [0.05, 0.1) is 21.2 Å². The number of nitrogens with one attached hydrogen (secondary N) is 2. The van der Waals surface area contributed by atoms with Crippen molar-refractivity contribution >= 4 is 29.3 Å². The van der Waals surface area contributed by atoms with Crippen LogP contribution in [0.25, 0.3) is 0 Å². The van der Waals surface area contributed by atoms with Crippen LogP contribution in [-0.2, 0) is 0 Å². The summed E-state index contributed by atoms with van der Waals surface area (Å²) in [5.74, 6) is 1.57. The second-order valence-electron chi connectivity index (χ2n) is 3.97. The zero-order valence-corrected chi connectivity index (χ0v) is 12.7. The van der Waals surface area contributed by atoms with E-state index >= 15 is 0 Å². The molecule has 2 N–H and O–H groups in total. The Hall–Kier alpha value is -1.59. The number of rotatable bonds is 8. The van der Waals surface area contributed by atoms with Crippen molar-refractivity contribution in [2.24, 2.45) is 0 Å². The van der Waals surface area contributed by atoms with E-state index in [9.17, 15) is 4.79 Å². The number of hydrogen-bond donors (Lipinski definition) is 2. The third-order valence-electron chi connectivity index (χ3n) is 2.60. The van der Waals surface area contributed by atoms with Crippen molar-refractivity contribution in [2.45, 2.75) is 10.1 Å². The number of hydrogen-bond acceptors (Lipinski definition) is 3. The van der Waals surface area contributed by atoms with Gasteiger partial charge in [-0.2, -0.15) is 0 Å². The van der Waals surface area contributed by atoms with Crippen molar-refractivity contribution < 1.29 is 4.79 Å². The number of ketones is 1. The molecule has 104 valence electrons. The van der Waals surface area contributed by atoms with E-state index in [2.05, 4.69) is 23.1 Å². The maximum atomic E-state index is 12.6. The summed E-state index contributed by atoms with van der Waals surface area (Å²) in [6, 6.07) is 3.64. The lowest BCUT2D eigenvalue weighted by Gasteiger charge is -2.03. The number of aromatic amines is 2. The smallest absolute Gasteiger partial charge is 0.198 e. The minimum absolute atomic E-state index is 0.0330. The molecule has 0 fully saturated rings. The number of carbonyl (C=O) groups excluding carboxylic acids is 1. The zero-order valence-electron chi connectivity index (χ0n) is 11.0. The van der Waals surface area contributed by atoms with Crippen molar-refractivity contribution in [3.8, 4) is 0 Å². The Bertz CT molecular complexity index is 561.